The SMILES string of the molecule is COc1ccc2c3c(cccc13)OC(C(=O)O)=C2. The fourth-order valence-corrected chi connectivity index (χ4v) is 2.15. The third-order valence-corrected chi connectivity index (χ3v) is 2.93. The Kier molecular flexibility index (Phi) is 2.23. The van der Waals surface area contributed by atoms with Crippen molar-refractivity contribution < 1.29 is 19.4 Å². The van der Waals surface area contributed by atoms with Crippen molar-refractivity contribution in [3.8, 4) is 11.5 Å². The number of benzene rings is 2. The summed E-state index contributed by atoms with van der Waals surface area (Å²) in [4.78, 5) is 11.0. The van der Waals surface area contributed by atoms with Crippen LogP contribution in [0.1, 0.15) is 5.56 Å². The molecule has 0 atom stereocenters. The number of methoxy groups -OCH3 is 1. The van der Waals surface area contributed by atoms with Gasteiger partial charge in [-0.25, -0.2) is 4.79 Å². The molecule has 0 saturated heterocycles. The molecule has 0 radical (unpaired) electrons. The Morgan fingerprint density at radius 3 is 2.83 bits per heavy atom. The van der Waals surface area contributed by atoms with Crippen LogP contribution in [0.5, 0.6) is 11.5 Å². The van der Waals surface area contributed by atoms with Crippen molar-refractivity contribution >= 4 is 22.8 Å². The average Bonchev–Trinajstić information content (AvgIpc) is 2.39. The molecule has 4 heteroatoms. The highest BCUT2D eigenvalue weighted by Gasteiger charge is 2.20. The van der Waals surface area contributed by atoms with E-state index in [-0.39, 0.29) is 5.76 Å². The van der Waals surface area contributed by atoms with Crippen molar-refractivity contribution in [3.05, 3.63) is 41.7 Å². The van der Waals surface area contributed by atoms with Gasteiger partial charge in [0, 0.05) is 10.8 Å². The molecule has 0 bridgehead atoms. The Balaban J connectivity index is 2.35. The number of carboxylic acids is 1. The van der Waals surface area contributed by atoms with E-state index in [9.17, 15) is 4.79 Å². The number of hydrogen-bond acceptors (Lipinski definition) is 3. The minimum atomic E-state index is -1.08. The zero-order valence-electron chi connectivity index (χ0n) is 9.64. The number of hydrogen-bond donors (Lipinski definition) is 1. The molecule has 0 amide bonds. The van der Waals surface area contributed by atoms with E-state index in [0.29, 0.717) is 5.75 Å². The number of ether oxygens (including phenoxy) is 2. The fourth-order valence-electron chi connectivity index (χ4n) is 2.15. The van der Waals surface area contributed by atoms with Crippen LogP contribution in [0.4, 0.5) is 0 Å². The minimum Gasteiger partial charge on any atom is -0.496 e. The maximum Gasteiger partial charge on any atom is 0.371 e. The van der Waals surface area contributed by atoms with Crippen LogP contribution >= 0.6 is 0 Å². The van der Waals surface area contributed by atoms with Crippen molar-refractivity contribution in [3.63, 3.8) is 0 Å². The maximum atomic E-state index is 11.0. The van der Waals surface area contributed by atoms with Gasteiger partial charge in [-0.3, -0.25) is 0 Å². The highest BCUT2D eigenvalue weighted by molar-refractivity contribution is 6.04. The van der Waals surface area contributed by atoms with Crippen LogP contribution in [0.2, 0.25) is 0 Å². The molecule has 0 saturated carbocycles. The molecule has 1 heterocycles. The van der Waals surface area contributed by atoms with Crippen molar-refractivity contribution in [2.75, 3.05) is 7.11 Å². The van der Waals surface area contributed by atoms with Crippen LogP contribution in [0, 0.1) is 0 Å². The highest BCUT2D eigenvalue weighted by Crippen LogP contribution is 2.39. The molecule has 90 valence electrons. The molecule has 18 heavy (non-hydrogen) atoms. The maximum absolute atomic E-state index is 11.0. The van der Waals surface area contributed by atoms with Crippen LogP contribution in [0.15, 0.2) is 36.1 Å². The Bertz CT molecular complexity index is 685. The van der Waals surface area contributed by atoms with Gasteiger partial charge < -0.3 is 14.6 Å². The predicted octanol–water partition coefficient (Wildman–Crippen LogP) is 2.67. The molecular formula is C14H10O4. The molecule has 3 rings (SSSR count). The summed E-state index contributed by atoms with van der Waals surface area (Å²) < 4.78 is 10.7. The van der Waals surface area contributed by atoms with Gasteiger partial charge in [0.05, 0.1) is 7.11 Å². The molecule has 2 aromatic rings. The summed E-state index contributed by atoms with van der Waals surface area (Å²) in [6.07, 6.45) is 1.52. The zero-order chi connectivity index (χ0) is 12.7. The summed E-state index contributed by atoms with van der Waals surface area (Å²) >= 11 is 0. The number of carboxylic acid groups (broad SMARTS) is 1. The van der Waals surface area contributed by atoms with Gasteiger partial charge >= 0.3 is 5.97 Å². The van der Waals surface area contributed by atoms with Crippen LogP contribution in [0.25, 0.3) is 16.8 Å². The molecule has 1 aliphatic heterocycles. The van der Waals surface area contributed by atoms with Gasteiger partial charge in [0.15, 0.2) is 0 Å². The van der Waals surface area contributed by atoms with Crippen molar-refractivity contribution in [2.45, 2.75) is 0 Å². The van der Waals surface area contributed by atoms with Gasteiger partial charge in [-0.1, -0.05) is 18.2 Å². The standard InChI is InChI=1S/C14H10O4/c1-17-10-6-5-8-7-12(14(15)16)18-11-4-2-3-9(10)13(8)11/h2-7H,1H3,(H,15,16). The topological polar surface area (TPSA) is 55.8 Å². The van der Waals surface area contributed by atoms with E-state index in [0.717, 1.165) is 22.1 Å². The third kappa shape index (κ3) is 1.43. The van der Waals surface area contributed by atoms with Gasteiger partial charge in [0.25, 0.3) is 0 Å². The molecule has 4 nitrogen and oxygen atoms in total. The summed E-state index contributed by atoms with van der Waals surface area (Å²) in [5, 5.41) is 10.8. The predicted molar refractivity (Wildman–Crippen MR) is 66.7 cm³/mol. The van der Waals surface area contributed by atoms with E-state index in [1.807, 2.05) is 24.3 Å². The summed E-state index contributed by atoms with van der Waals surface area (Å²) in [5.41, 5.74) is 0.824. The molecule has 1 N–H and O–H groups in total. The van der Waals surface area contributed by atoms with Crippen molar-refractivity contribution in [1.82, 2.24) is 0 Å². The van der Waals surface area contributed by atoms with Crippen LogP contribution in [-0.2, 0) is 4.79 Å². The van der Waals surface area contributed by atoms with Gasteiger partial charge in [0.1, 0.15) is 11.5 Å². The normalized spacial score (nSPS) is 12.8. The van der Waals surface area contributed by atoms with Crippen molar-refractivity contribution in [1.29, 1.82) is 0 Å². The number of rotatable bonds is 2. The molecule has 0 unspecified atom stereocenters. The lowest BCUT2D eigenvalue weighted by molar-refractivity contribution is -0.134. The lowest BCUT2D eigenvalue weighted by Crippen LogP contribution is -2.10. The highest BCUT2D eigenvalue weighted by atomic mass is 16.5. The molecule has 0 aromatic heterocycles. The lowest BCUT2D eigenvalue weighted by Gasteiger charge is -2.17. The second kappa shape index (κ2) is 3.77. The largest absolute Gasteiger partial charge is 0.496 e. The summed E-state index contributed by atoms with van der Waals surface area (Å²) in [5.74, 6) is 0.140. The van der Waals surface area contributed by atoms with Crippen LogP contribution in [0.3, 0.4) is 0 Å². The van der Waals surface area contributed by atoms with E-state index in [1.165, 1.54) is 6.08 Å². The molecular weight excluding hydrogens is 232 g/mol. The van der Waals surface area contributed by atoms with E-state index in [2.05, 4.69) is 0 Å². The first-order valence-electron chi connectivity index (χ1n) is 5.43. The Morgan fingerprint density at radius 2 is 2.11 bits per heavy atom. The van der Waals surface area contributed by atoms with E-state index in [1.54, 1.807) is 13.2 Å². The number of aliphatic carboxylic acids is 1. The summed E-state index contributed by atoms with van der Waals surface area (Å²) in [6.45, 7) is 0. The Hall–Kier alpha value is -2.49. The monoisotopic (exact) mass is 242 g/mol. The molecule has 0 spiro atoms. The quantitative estimate of drug-likeness (QED) is 0.879. The first-order valence-corrected chi connectivity index (χ1v) is 5.43. The van der Waals surface area contributed by atoms with Gasteiger partial charge in [-0.15, -0.1) is 0 Å². The zero-order valence-corrected chi connectivity index (χ0v) is 9.64. The average molecular weight is 242 g/mol. The van der Waals surface area contributed by atoms with Gasteiger partial charge in [-0.2, -0.15) is 0 Å². The second-order valence-corrected chi connectivity index (χ2v) is 3.95. The van der Waals surface area contributed by atoms with E-state index >= 15 is 0 Å². The van der Waals surface area contributed by atoms with E-state index in [4.69, 9.17) is 14.6 Å². The van der Waals surface area contributed by atoms with E-state index < -0.39 is 5.97 Å². The van der Waals surface area contributed by atoms with Gasteiger partial charge in [0.2, 0.25) is 5.76 Å². The smallest absolute Gasteiger partial charge is 0.371 e. The Labute approximate surface area is 103 Å². The first kappa shape index (κ1) is 10.7. The lowest BCUT2D eigenvalue weighted by atomic mass is 10.0. The fraction of sp³-hybridized carbons (Fsp3) is 0.0714. The number of carbonyl (C=O) groups is 1. The Morgan fingerprint density at radius 1 is 1.28 bits per heavy atom. The molecule has 0 aliphatic carbocycles. The van der Waals surface area contributed by atoms with Crippen LogP contribution in [-0.4, -0.2) is 18.2 Å². The second-order valence-electron chi connectivity index (χ2n) is 3.95. The molecule has 1 aliphatic rings. The summed E-state index contributed by atoms with van der Waals surface area (Å²) in [7, 11) is 1.60. The van der Waals surface area contributed by atoms with Crippen LogP contribution < -0.4 is 9.47 Å². The minimum absolute atomic E-state index is 0.0693. The summed E-state index contributed by atoms with van der Waals surface area (Å²) in [6, 6.07) is 9.14. The van der Waals surface area contributed by atoms with Crippen molar-refractivity contribution in [2.24, 2.45) is 0 Å². The molecule has 0 fully saturated rings. The van der Waals surface area contributed by atoms with Gasteiger partial charge in [-0.05, 0) is 23.8 Å². The first-order chi connectivity index (χ1) is 8.70. The molecule has 2 aromatic carbocycles. The third-order valence-electron chi connectivity index (χ3n) is 2.93.